The number of hydrogen-bond donors (Lipinski definition) is 1. The SMILES string of the molecule is COC(=O)C1CC2CCC1NC2. The third-order valence-electron chi connectivity index (χ3n) is 3.13. The zero-order valence-electron chi connectivity index (χ0n) is 7.38. The minimum atomic E-state index is -0.0306. The van der Waals surface area contributed by atoms with E-state index in [1.54, 1.807) is 0 Å². The van der Waals surface area contributed by atoms with Crippen LogP contribution in [0.2, 0.25) is 0 Å². The second kappa shape index (κ2) is 3.05. The van der Waals surface area contributed by atoms with E-state index in [1.165, 1.54) is 13.5 Å². The van der Waals surface area contributed by atoms with Gasteiger partial charge in [0.05, 0.1) is 13.0 Å². The molecule has 3 rings (SSSR count). The van der Waals surface area contributed by atoms with Crippen LogP contribution in [0.4, 0.5) is 0 Å². The first-order chi connectivity index (χ1) is 5.81. The van der Waals surface area contributed by atoms with Crippen molar-refractivity contribution in [3.05, 3.63) is 0 Å². The molecule has 0 radical (unpaired) electrons. The van der Waals surface area contributed by atoms with Crippen molar-refractivity contribution in [1.29, 1.82) is 0 Å². The lowest BCUT2D eigenvalue weighted by atomic mass is 9.74. The Bertz CT molecular complexity index is 185. The van der Waals surface area contributed by atoms with E-state index in [2.05, 4.69) is 5.32 Å². The highest BCUT2D eigenvalue weighted by atomic mass is 16.5. The molecule has 3 aliphatic rings. The van der Waals surface area contributed by atoms with Crippen molar-refractivity contribution in [1.82, 2.24) is 5.32 Å². The lowest BCUT2D eigenvalue weighted by Gasteiger charge is -2.41. The van der Waals surface area contributed by atoms with Crippen LogP contribution in [0.1, 0.15) is 19.3 Å². The zero-order valence-corrected chi connectivity index (χ0v) is 7.38. The molecule has 2 saturated heterocycles. The molecular weight excluding hydrogens is 154 g/mol. The van der Waals surface area contributed by atoms with Crippen LogP contribution in [0, 0.1) is 11.8 Å². The molecule has 0 amide bonds. The number of carbonyl (C=O) groups excluding carboxylic acids is 1. The van der Waals surface area contributed by atoms with E-state index in [1.807, 2.05) is 0 Å². The fraction of sp³-hybridized carbons (Fsp3) is 0.889. The summed E-state index contributed by atoms with van der Waals surface area (Å²) in [7, 11) is 1.48. The largest absolute Gasteiger partial charge is 0.469 e. The summed E-state index contributed by atoms with van der Waals surface area (Å²) in [6.45, 7) is 1.10. The second-order valence-corrected chi connectivity index (χ2v) is 3.82. The fourth-order valence-electron chi connectivity index (χ4n) is 2.42. The molecular formula is C9H15NO2. The van der Waals surface area contributed by atoms with Gasteiger partial charge in [-0.05, 0) is 31.7 Å². The van der Waals surface area contributed by atoms with Crippen LogP contribution >= 0.6 is 0 Å². The molecule has 0 aromatic carbocycles. The molecule has 3 fully saturated rings. The quantitative estimate of drug-likeness (QED) is 0.582. The first-order valence-electron chi connectivity index (χ1n) is 4.62. The number of fused-ring (bicyclic) bond motifs is 3. The molecule has 3 heteroatoms. The maximum absolute atomic E-state index is 11.3. The molecule has 1 aliphatic carbocycles. The molecule has 12 heavy (non-hydrogen) atoms. The number of carbonyl (C=O) groups is 1. The summed E-state index contributed by atoms with van der Waals surface area (Å²) in [5, 5.41) is 3.38. The van der Waals surface area contributed by atoms with Crippen LogP contribution in [0.3, 0.4) is 0 Å². The maximum Gasteiger partial charge on any atom is 0.310 e. The van der Waals surface area contributed by atoms with Gasteiger partial charge in [-0.1, -0.05) is 0 Å². The highest BCUT2D eigenvalue weighted by molar-refractivity contribution is 5.73. The van der Waals surface area contributed by atoms with Crippen molar-refractivity contribution in [2.24, 2.45) is 11.8 Å². The Labute approximate surface area is 72.5 Å². The van der Waals surface area contributed by atoms with Crippen LogP contribution in [0.25, 0.3) is 0 Å². The van der Waals surface area contributed by atoms with Crippen molar-refractivity contribution < 1.29 is 9.53 Å². The van der Waals surface area contributed by atoms with Crippen LogP contribution in [0.5, 0.6) is 0 Å². The van der Waals surface area contributed by atoms with Gasteiger partial charge >= 0.3 is 5.97 Å². The predicted molar refractivity (Wildman–Crippen MR) is 44.6 cm³/mol. The Kier molecular flexibility index (Phi) is 2.05. The van der Waals surface area contributed by atoms with Gasteiger partial charge in [-0.15, -0.1) is 0 Å². The van der Waals surface area contributed by atoms with Gasteiger partial charge in [0.2, 0.25) is 0 Å². The summed E-state index contributed by atoms with van der Waals surface area (Å²) in [6, 6.07) is 0.391. The predicted octanol–water partition coefficient (Wildman–Crippen LogP) is 0.547. The summed E-state index contributed by atoms with van der Waals surface area (Å²) in [4.78, 5) is 11.3. The smallest absolute Gasteiger partial charge is 0.310 e. The average Bonchev–Trinajstić information content (AvgIpc) is 2.18. The van der Waals surface area contributed by atoms with Gasteiger partial charge in [0, 0.05) is 6.04 Å². The number of methoxy groups -OCH3 is 1. The lowest BCUT2D eigenvalue weighted by Crippen LogP contribution is -2.52. The van der Waals surface area contributed by atoms with Crippen molar-refractivity contribution in [3.63, 3.8) is 0 Å². The monoisotopic (exact) mass is 169 g/mol. The summed E-state index contributed by atoms with van der Waals surface area (Å²) in [6.07, 6.45) is 3.46. The topological polar surface area (TPSA) is 38.3 Å². The lowest BCUT2D eigenvalue weighted by molar-refractivity contribution is -0.149. The molecule has 3 atom stereocenters. The summed E-state index contributed by atoms with van der Waals surface area (Å²) in [5.41, 5.74) is 0. The first-order valence-corrected chi connectivity index (χ1v) is 4.62. The van der Waals surface area contributed by atoms with Gasteiger partial charge in [-0.25, -0.2) is 0 Å². The van der Waals surface area contributed by atoms with E-state index in [-0.39, 0.29) is 11.9 Å². The molecule has 2 heterocycles. The van der Waals surface area contributed by atoms with Gasteiger partial charge in [0.25, 0.3) is 0 Å². The van der Waals surface area contributed by atoms with E-state index in [9.17, 15) is 4.79 Å². The van der Waals surface area contributed by atoms with E-state index in [4.69, 9.17) is 4.74 Å². The number of piperidine rings is 2. The van der Waals surface area contributed by atoms with Gasteiger partial charge in [-0.2, -0.15) is 0 Å². The summed E-state index contributed by atoms with van der Waals surface area (Å²) < 4.78 is 4.76. The Morgan fingerprint density at radius 2 is 2.33 bits per heavy atom. The number of ether oxygens (including phenoxy) is 1. The van der Waals surface area contributed by atoms with Crippen molar-refractivity contribution in [2.75, 3.05) is 13.7 Å². The molecule has 0 aromatic heterocycles. The zero-order chi connectivity index (χ0) is 8.55. The van der Waals surface area contributed by atoms with Gasteiger partial charge in [0.1, 0.15) is 0 Å². The first kappa shape index (κ1) is 8.05. The molecule has 1 saturated carbocycles. The molecule has 68 valence electrons. The maximum atomic E-state index is 11.3. The van der Waals surface area contributed by atoms with Crippen LogP contribution in [0.15, 0.2) is 0 Å². The third kappa shape index (κ3) is 1.22. The van der Waals surface area contributed by atoms with Crippen molar-refractivity contribution >= 4 is 5.97 Å². The van der Waals surface area contributed by atoms with E-state index in [0.717, 1.165) is 19.4 Å². The molecule has 3 unspecified atom stereocenters. The second-order valence-electron chi connectivity index (χ2n) is 3.82. The minimum Gasteiger partial charge on any atom is -0.469 e. The third-order valence-corrected chi connectivity index (χ3v) is 3.13. The molecule has 2 aliphatic heterocycles. The number of hydrogen-bond acceptors (Lipinski definition) is 3. The normalized spacial score (nSPS) is 39.6. The van der Waals surface area contributed by atoms with Crippen LogP contribution in [-0.2, 0) is 9.53 Å². The average molecular weight is 169 g/mol. The van der Waals surface area contributed by atoms with E-state index >= 15 is 0 Å². The van der Waals surface area contributed by atoms with Crippen LogP contribution in [-0.4, -0.2) is 25.7 Å². The van der Waals surface area contributed by atoms with Crippen molar-refractivity contribution in [3.8, 4) is 0 Å². The highest BCUT2D eigenvalue weighted by Gasteiger charge is 2.39. The van der Waals surface area contributed by atoms with Gasteiger partial charge < -0.3 is 10.1 Å². The van der Waals surface area contributed by atoms with E-state index in [0.29, 0.717) is 12.0 Å². The molecule has 0 spiro atoms. The summed E-state index contributed by atoms with van der Waals surface area (Å²) in [5.74, 6) is 0.804. The highest BCUT2D eigenvalue weighted by Crippen LogP contribution is 2.34. The van der Waals surface area contributed by atoms with Gasteiger partial charge in [0.15, 0.2) is 0 Å². The molecule has 3 nitrogen and oxygen atoms in total. The molecule has 1 N–H and O–H groups in total. The summed E-state index contributed by atoms with van der Waals surface area (Å²) >= 11 is 0. The Morgan fingerprint density at radius 3 is 2.75 bits per heavy atom. The molecule has 0 aromatic rings. The van der Waals surface area contributed by atoms with Crippen LogP contribution < -0.4 is 5.32 Å². The Morgan fingerprint density at radius 1 is 1.50 bits per heavy atom. The number of rotatable bonds is 1. The van der Waals surface area contributed by atoms with E-state index < -0.39 is 0 Å². The number of nitrogens with one attached hydrogen (secondary N) is 1. The Hall–Kier alpha value is -0.570. The Balaban J connectivity index is 2.03. The number of esters is 1. The van der Waals surface area contributed by atoms with Gasteiger partial charge in [-0.3, -0.25) is 4.79 Å². The van der Waals surface area contributed by atoms with Crippen molar-refractivity contribution in [2.45, 2.75) is 25.3 Å². The standard InChI is InChI=1S/C9H15NO2/c1-12-9(11)7-4-6-2-3-8(7)10-5-6/h6-8,10H,2-5H2,1H3. The minimum absolute atomic E-state index is 0.0306. The fourth-order valence-corrected chi connectivity index (χ4v) is 2.42. The molecule has 2 bridgehead atoms.